The number of nitrogens with one attached hydrogen (secondary N) is 1. The van der Waals surface area contributed by atoms with Crippen LogP contribution in [0.1, 0.15) is 36.5 Å². The van der Waals surface area contributed by atoms with Crippen molar-refractivity contribution in [2.24, 2.45) is 0 Å². The number of piperidine rings is 1. The van der Waals surface area contributed by atoms with Crippen molar-refractivity contribution in [2.75, 3.05) is 26.8 Å². The SMILES string of the molecule is COCCC(=O)N1CCC(NC(=O)c2ccccc2SC(C)C(=O)O)CC1. The number of amides is 2. The van der Waals surface area contributed by atoms with Gasteiger partial charge in [-0.15, -0.1) is 11.8 Å². The van der Waals surface area contributed by atoms with Gasteiger partial charge in [-0.2, -0.15) is 0 Å². The van der Waals surface area contributed by atoms with Gasteiger partial charge < -0.3 is 20.1 Å². The number of thioether (sulfide) groups is 1. The van der Waals surface area contributed by atoms with Gasteiger partial charge in [-0.05, 0) is 31.9 Å². The summed E-state index contributed by atoms with van der Waals surface area (Å²) in [5, 5.41) is 11.5. The second-order valence-corrected chi connectivity index (χ2v) is 7.85. The minimum absolute atomic E-state index is 0.000992. The number of ether oxygens (including phenoxy) is 1. The van der Waals surface area contributed by atoms with E-state index in [-0.39, 0.29) is 17.9 Å². The summed E-state index contributed by atoms with van der Waals surface area (Å²) in [6.07, 6.45) is 1.77. The Bertz CT molecular complexity index is 674. The normalized spacial score (nSPS) is 16.0. The highest BCUT2D eigenvalue weighted by molar-refractivity contribution is 8.00. The Morgan fingerprint density at radius 3 is 2.59 bits per heavy atom. The molecule has 1 aliphatic heterocycles. The van der Waals surface area contributed by atoms with Gasteiger partial charge in [0, 0.05) is 31.1 Å². The lowest BCUT2D eigenvalue weighted by atomic mass is 10.0. The highest BCUT2D eigenvalue weighted by atomic mass is 32.2. The average molecular weight is 394 g/mol. The summed E-state index contributed by atoms with van der Waals surface area (Å²) in [6.45, 7) is 3.23. The van der Waals surface area contributed by atoms with E-state index < -0.39 is 11.2 Å². The average Bonchev–Trinajstić information content (AvgIpc) is 2.66. The van der Waals surface area contributed by atoms with Crippen LogP contribution in [0.5, 0.6) is 0 Å². The lowest BCUT2D eigenvalue weighted by molar-refractivity contribution is -0.136. The molecule has 1 fully saturated rings. The van der Waals surface area contributed by atoms with Gasteiger partial charge in [-0.3, -0.25) is 14.4 Å². The number of nitrogens with zero attached hydrogens (tertiary/aromatic N) is 1. The third-order valence-electron chi connectivity index (χ3n) is 4.49. The number of hydrogen-bond acceptors (Lipinski definition) is 5. The van der Waals surface area contributed by atoms with Gasteiger partial charge in [-0.25, -0.2) is 0 Å². The molecule has 148 valence electrons. The third kappa shape index (κ3) is 6.25. The Morgan fingerprint density at radius 2 is 1.96 bits per heavy atom. The van der Waals surface area contributed by atoms with Crippen LogP contribution in [0.4, 0.5) is 0 Å². The van der Waals surface area contributed by atoms with Crippen molar-refractivity contribution < 1.29 is 24.2 Å². The number of methoxy groups -OCH3 is 1. The molecule has 0 bridgehead atoms. The van der Waals surface area contributed by atoms with Crippen LogP contribution in [-0.4, -0.2) is 65.9 Å². The second-order valence-electron chi connectivity index (χ2n) is 6.47. The molecule has 2 N–H and O–H groups in total. The predicted octanol–water partition coefficient (Wildman–Crippen LogP) is 2.01. The van der Waals surface area contributed by atoms with E-state index >= 15 is 0 Å². The van der Waals surface area contributed by atoms with Crippen molar-refractivity contribution in [3.05, 3.63) is 29.8 Å². The van der Waals surface area contributed by atoms with Crippen LogP contribution in [0.15, 0.2) is 29.2 Å². The number of carbonyl (C=O) groups is 3. The van der Waals surface area contributed by atoms with Crippen LogP contribution in [-0.2, 0) is 14.3 Å². The van der Waals surface area contributed by atoms with E-state index in [1.165, 1.54) is 0 Å². The molecule has 1 aliphatic rings. The number of carboxylic acid groups (broad SMARTS) is 1. The minimum Gasteiger partial charge on any atom is -0.480 e. The quantitative estimate of drug-likeness (QED) is 0.655. The number of likely N-dealkylation sites (tertiary alicyclic amines) is 1. The molecule has 1 saturated heterocycles. The molecule has 8 heteroatoms. The Morgan fingerprint density at radius 1 is 1.30 bits per heavy atom. The van der Waals surface area contributed by atoms with Gasteiger partial charge in [0.15, 0.2) is 0 Å². The van der Waals surface area contributed by atoms with Crippen molar-refractivity contribution in [1.82, 2.24) is 10.2 Å². The Labute approximate surface area is 163 Å². The first-order valence-electron chi connectivity index (χ1n) is 8.98. The minimum atomic E-state index is -0.916. The zero-order chi connectivity index (χ0) is 19.8. The first kappa shape index (κ1) is 21.2. The van der Waals surface area contributed by atoms with Gasteiger partial charge in [0.25, 0.3) is 5.91 Å². The van der Waals surface area contributed by atoms with E-state index in [0.29, 0.717) is 49.4 Å². The van der Waals surface area contributed by atoms with E-state index in [1.807, 2.05) is 0 Å². The Kier molecular flexibility index (Phi) is 8.12. The van der Waals surface area contributed by atoms with Gasteiger partial charge in [0.2, 0.25) is 5.91 Å². The molecule has 2 amide bonds. The van der Waals surface area contributed by atoms with Crippen molar-refractivity contribution in [3.8, 4) is 0 Å². The molecule has 27 heavy (non-hydrogen) atoms. The molecule has 2 rings (SSSR count). The number of benzene rings is 1. The highest BCUT2D eigenvalue weighted by Gasteiger charge is 2.25. The summed E-state index contributed by atoms with van der Waals surface area (Å²) in [5.74, 6) is -1.05. The number of hydrogen-bond donors (Lipinski definition) is 2. The summed E-state index contributed by atoms with van der Waals surface area (Å²) >= 11 is 1.16. The van der Waals surface area contributed by atoms with Crippen molar-refractivity contribution >= 4 is 29.5 Å². The van der Waals surface area contributed by atoms with Crippen molar-refractivity contribution in [2.45, 2.75) is 42.4 Å². The number of carboxylic acids is 1. The molecular weight excluding hydrogens is 368 g/mol. The fourth-order valence-electron chi connectivity index (χ4n) is 2.88. The molecule has 0 radical (unpaired) electrons. The number of aliphatic carboxylic acids is 1. The standard InChI is InChI=1S/C19H26N2O5S/c1-13(19(24)25)27-16-6-4-3-5-15(16)18(23)20-14-7-10-21(11-8-14)17(22)9-12-26-2/h3-6,13-14H,7-12H2,1-2H3,(H,20,23)(H,24,25). The molecule has 7 nitrogen and oxygen atoms in total. The van der Waals surface area contributed by atoms with Crippen LogP contribution in [0, 0.1) is 0 Å². The predicted molar refractivity (Wildman–Crippen MR) is 103 cm³/mol. The van der Waals surface area contributed by atoms with Crippen LogP contribution >= 0.6 is 11.8 Å². The van der Waals surface area contributed by atoms with Crippen molar-refractivity contribution in [3.63, 3.8) is 0 Å². The lowest BCUT2D eigenvalue weighted by Crippen LogP contribution is -2.46. The lowest BCUT2D eigenvalue weighted by Gasteiger charge is -2.32. The Balaban J connectivity index is 1.91. The van der Waals surface area contributed by atoms with E-state index in [4.69, 9.17) is 9.84 Å². The molecule has 0 aliphatic carbocycles. The summed E-state index contributed by atoms with van der Waals surface area (Å²) < 4.78 is 4.94. The van der Waals surface area contributed by atoms with E-state index in [9.17, 15) is 14.4 Å². The van der Waals surface area contributed by atoms with E-state index in [1.54, 1.807) is 43.2 Å². The van der Waals surface area contributed by atoms with Crippen LogP contribution in [0.25, 0.3) is 0 Å². The Hall–Kier alpha value is -2.06. The summed E-state index contributed by atoms with van der Waals surface area (Å²) in [4.78, 5) is 38.2. The van der Waals surface area contributed by atoms with Gasteiger partial charge >= 0.3 is 5.97 Å². The van der Waals surface area contributed by atoms with Gasteiger partial charge in [-0.1, -0.05) is 12.1 Å². The molecular formula is C19H26N2O5S. The van der Waals surface area contributed by atoms with E-state index in [0.717, 1.165) is 11.8 Å². The molecule has 1 heterocycles. The zero-order valence-electron chi connectivity index (χ0n) is 15.6. The molecule has 0 spiro atoms. The smallest absolute Gasteiger partial charge is 0.316 e. The summed E-state index contributed by atoms with van der Waals surface area (Å²) in [6, 6.07) is 7.02. The molecule has 1 unspecified atom stereocenters. The molecule has 1 aromatic carbocycles. The second kappa shape index (κ2) is 10.3. The van der Waals surface area contributed by atoms with Crippen LogP contribution < -0.4 is 5.32 Å². The first-order valence-corrected chi connectivity index (χ1v) is 9.86. The molecule has 0 saturated carbocycles. The van der Waals surface area contributed by atoms with Crippen molar-refractivity contribution in [1.29, 1.82) is 0 Å². The van der Waals surface area contributed by atoms with E-state index in [2.05, 4.69) is 5.32 Å². The maximum Gasteiger partial charge on any atom is 0.316 e. The van der Waals surface area contributed by atoms with Gasteiger partial charge in [0.1, 0.15) is 5.25 Å². The fraction of sp³-hybridized carbons (Fsp3) is 0.526. The number of rotatable bonds is 8. The first-order chi connectivity index (χ1) is 12.9. The molecule has 1 atom stereocenters. The van der Waals surface area contributed by atoms with Gasteiger partial charge in [0.05, 0.1) is 18.6 Å². The zero-order valence-corrected chi connectivity index (χ0v) is 16.5. The third-order valence-corrected chi connectivity index (χ3v) is 5.65. The topological polar surface area (TPSA) is 95.9 Å². The summed E-state index contributed by atoms with van der Waals surface area (Å²) in [7, 11) is 1.57. The fourth-order valence-corrected chi connectivity index (χ4v) is 3.81. The maximum absolute atomic E-state index is 12.7. The highest BCUT2D eigenvalue weighted by Crippen LogP contribution is 2.27. The largest absolute Gasteiger partial charge is 0.480 e. The summed E-state index contributed by atoms with van der Waals surface area (Å²) in [5.41, 5.74) is 0.481. The molecule has 0 aromatic heterocycles. The monoisotopic (exact) mass is 394 g/mol. The van der Waals surface area contributed by atoms with Crippen LogP contribution in [0.2, 0.25) is 0 Å². The van der Waals surface area contributed by atoms with Crippen LogP contribution in [0.3, 0.4) is 0 Å². The maximum atomic E-state index is 12.7. The number of carbonyl (C=O) groups excluding carboxylic acids is 2. The molecule has 1 aromatic rings.